The number of nitrogens with zero attached hydrogens (tertiary/aromatic N) is 3. The lowest BCUT2D eigenvalue weighted by molar-refractivity contribution is -0.137. The van der Waals surface area contributed by atoms with Crippen molar-refractivity contribution in [2.45, 2.75) is 58.4 Å². The van der Waals surface area contributed by atoms with Crippen LogP contribution < -0.4 is 10.2 Å². The minimum Gasteiger partial charge on any atom is -0.354 e. The van der Waals surface area contributed by atoms with E-state index in [9.17, 15) is 14.4 Å². The maximum Gasteiger partial charge on any atom is 0.253 e. The van der Waals surface area contributed by atoms with Crippen molar-refractivity contribution in [3.05, 3.63) is 65.7 Å². The van der Waals surface area contributed by atoms with Gasteiger partial charge in [0.15, 0.2) is 0 Å². The molecule has 7 heteroatoms. The van der Waals surface area contributed by atoms with Crippen LogP contribution >= 0.6 is 0 Å². The predicted molar refractivity (Wildman–Crippen MR) is 146 cm³/mol. The van der Waals surface area contributed by atoms with E-state index in [2.05, 4.69) is 31.0 Å². The number of carbonyl (C=O) groups excluding carboxylic acids is 3. The van der Waals surface area contributed by atoms with Gasteiger partial charge in [0.2, 0.25) is 5.91 Å². The topological polar surface area (TPSA) is 73.0 Å². The van der Waals surface area contributed by atoms with Crippen LogP contribution in [0.15, 0.2) is 54.6 Å². The minimum absolute atomic E-state index is 0.00284. The SMILES string of the molecule is CC(C)CNC(=O)CN1CN(c2ccccc2)C2(CCN(C(=O)c3ccc(C(C)(C)C)cc3)CC2)C1=O. The zero-order valence-electron chi connectivity index (χ0n) is 22.8. The summed E-state index contributed by atoms with van der Waals surface area (Å²) in [5.41, 5.74) is 2.09. The van der Waals surface area contributed by atoms with Crippen molar-refractivity contribution in [2.75, 3.05) is 37.7 Å². The van der Waals surface area contributed by atoms with Crippen molar-refractivity contribution in [3.63, 3.8) is 0 Å². The molecule has 4 rings (SSSR count). The van der Waals surface area contributed by atoms with E-state index in [0.29, 0.717) is 50.6 Å². The van der Waals surface area contributed by atoms with Gasteiger partial charge in [0.25, 0.3) is 11.8 Å². The molecule has 2 aromatic carbocycles. The highest BCUT2D eigenvalue weighted by Gasteiger charge is 2.54. The van der Waals surface area contributed by atoms with Crippen LogP contribution in [0.2, 0.25) is 0 Å². The lowest BCUT2D eigenvalue weighted by Crippen LogP contribution is -2.57. The average Bonchev–Trinajstić information content (AvgIpc) is 3.13. The van der Waals surface area contributed by atoms with Gasteiger partial charge in [-0.1, -0.05) is 65.0 Å². The number of anilines is 1. The lowest BCUT2D eigenvalue weighted by Gasteiger charge is -2.43. The molecular formula is C30H40N4O3. The number of carbonyl (C=O) groups is 3. The Hall–Kier alpha value is -3.35. The molecular weight excluding hydrogens is 464 g/mol. The standard InChI is InChI=1S/C30H40N4O3/c1-22(2)19-31-26(35)20-33-21-34(25-9-7-6-8-10-25)30(28(33)37)15-17-32(18-16-30)27(36)23-11-13-24(14-12-23)29(3,4)5/h6-14,22H,15-21H2,1-5H3,(H,31,35). The summed E-state index contributed by atoms with van der Waals surface area (Å²) < 4.78 is 0. The Labute approximate surface area is 220 Å². The van der Waals surface area contributed by atoms with Crippen LogP contribution in [0.1, 0.15) is 63.4 Å². The maximum atomic E-state index is 13.8. The van der Waals surface area contributed by atoms with Gasteiger partial charge in [0.1, 0.15) is 12.1 Å². The molecule has 0 unspecified atom stereocenters. The Morgan fingerprint density at radius 3 is 2.16 bits per heavy atom. The van der Waals surface area contributed by atoms with Crippen LogP contribution in [0.5, 0.6) is 0 Å². The third-order valence-corrected chi connectivity index (χ3v) is 7.50. The first-order valence-electron chi connectivity index (χ1n) is 13.3. The predicted octanol–water partition coefficient (Wildman–Crippen LogP) is 4.04. The van der Waals surface area contributed by atoms with Crippen LogP contribution in [-0.2, 0) is 15.0 Å². The molecule has 2 heterocycles. The number of para-hydroxylation sites is 1. The van der Waals surface area contributed by atoms with Crippen molar-refractivity contribution in [1.82, 2.24) is 15.1 Å². The summed E-state index contributed by atoms with van der Waals surface area (Å²) in [5.74, 6) is 0.171. The molecule has 37 heavy (non-hydrogen) atoms. The molecule has 2 aromatic rings. The minimum atomic E-state index is -0.757. The molecule has 0 aromatic heterocycles. The molecule has 3 amide bonds. The molecule has 0 bridgehead atoms. The second-order valence-electron chi connectivity index (χ2n) is 11.8. The molecule has 0 atom stereocenters. The Morgan fingerprint density at radius 2 is 1.59 bits per heavy atom. The molecule has 0 aliphatic carbocycles. The van der Waals surface area contributed by atoms with Gasteiger partial charge < -0.3 is 20.0 Å². The summed E-state index contributed by atoms with van der Waals surface area (Å²) >= 11 is 0. The molecule has 1 N–H and O–H groups in total. The van der Waals surface area contributed by atoms with Crippen LogP contribution in [0.25, 0.3) is 0 Å². The number of benzene rings is 2. The molecule has 2 saturated heterocycles. The molecule has 2 aliphatic rings. The summed E-state index contributed by atoms with van der Waals surface area (Å²) in [6.07, 6.45) is 1.05. The normalized spacial score (nSPS) is 17.6. The zero-order valence-corrected chi connectivity index (χ0v) is 22.8. The third-order valence-electron chi connectivity index (χ3n) is 7.50. The molecule has 1 spiro atoms. The fraction of sp³-hybridized carbons (Fsp3) is 0.500. The van der Waals surface area contributed by atoms with Crippen molar-refractivity contribution in [1.29, 1.82) is 0 Å². The first-order chi connectivity index (χ1) is 17.5. The van der Waals surface area contributed by atoms with Gasteiger partial charge >= 0.3 is 0 Å². The number of hydrogen-bond acceptors (Lipinski definition) is 4. The van der Waals surface area contributed by atoms with Crippen LogP contribution in [-0.4, -0.2) is 65.9 Å². The highest BCUT2D eigenvalue weighted by molar-refractivity contribution is 5.97. The summed E-state index contributed by atoms with van der Waals surface area (Å²) in [4.78, 5) is 45.3. The monoisotopic (exact) mass is 504 g/mol. The fourth-order valence-corrected chi connectivity index (χ4v) is 5.24. The van der Waals surface area contributed by atoms with E-state index in [4.69, 9.17) is 0 Å². The van der Waals surface area contributed by atoms with Crippen molar-refractivity contribution in [2.24, 2.45) is 5.92 Å². The highest BCUT2D eigenvalue weighted by atomic mass is 16.2. The van der Waals surface area contributed by atoms with Crippen molar-refractivity contribution >= 4 is 23.4 Å². The molecule has 198 valence electrons. The van der Waals surface area contributed by atoms with E-state index in [1.54, 1.807) is 4.90 Å². The largest absolute Gasteiger partial charge is 0.354 e. The number of hydrogen-bond donors (Lipinski definition) is 1. The lowest BCUT2D eigenvalue weighted by atomic mass is 9.84. The first-order valence-corrected chi connectivity index (χ1v) is 13.3. The van der Waals surface area contributed by atoms with Gasteiger partial charge in [0, 0.05) is 30.9 Å². The summed E-state index contributed by atoms with van der Waals surface area (Å²) in [5, 5.41) is 2.92. The van der Waals surface area contributed by atoms with Gasteiger partial charge in [-0.3, -0.25) is 14.4 Å². The number of amides is 3. The highest BCUT2D eigenvalue weighted by Crippen LogP contribution is 2.39. The Balaban J connectivity index is 1.50. The van der Waals surface area contributed by atoms with Crippen molar-refractivity contribution in [3.8, 4) is 0 Å². The van der Waals surface area contributed by atoms with E-state index < -0.39 is 5.54 Å². The second-order valence-corrected chi connectivity index (χ2v) is 11.8. The Kier molecular flexibility index (Phi) is 7.62. The zero-order chi connectivity index (χ0) is 26.8. The number of piperidine rings is 1. The van der Waals surface area contributed by atoms with Gasteiger partial charge in [-0.05, 0) is 54.0 Å². The average molecular weight is 505 g/mol. The first kappa shape index (κ1) is 26.7. The third kappa shape index (κ3) is 5.65. The van der Waals surface area contributed by atoms with Crippen LogP contribution in [0.3, 0.4) is 0 Å². The van der Waals surface area contributed by atoms with Gasteiger partial charge in [0.05, 0.1) is 6.67 Å². The van der Waals surface area contributed by atoms with E-state index in [1.165, 1.54) is 5.56 Å². The molecule has 7 nitrogen and oxygen atoms in total. The van der Waals surface area contributed by atoms with E-state index in [1.807, 2.05) is 73.3 Å². The smallest absolute Gasteiger partial charge is 0.253 e. The van der Waals surface area contributed by atoms with Gasteiger partial charge in [-0.15, -0.1) is 0 Å². The van der Waals surface area contributed by atoms with Gasteiger partial charge in [-0.2, -0.15) is 0 Å². The van der Waals surface area contributed by atoms with Crippen LogP contribution in [0, 0.1) is 5.92 Å². The van der Waals surface area contributed by atoms with Crippen LogP contribution in [0.4, 0.5) is 5.69 Å². The molecule has 0 saturated carbocycles. The molecule has 2 aliphatic heterocycles. The number of likely N-dealkylation sites (tertiary alicyclic amines) is 1. The van der Waals surface area contributed by atoms with E-state index >= 15 is 0 Å². The number of rotatable bonds is 6. The fourth-order valence-electron chi connectivity index (χ4n) is 5.24. The van der Waals surface area contributed by atoms with Crippen molar-refractivity contribution < 1.29 is 14.4 Å². The van der Waals surface area contributed by atoms with E-state index in [-0.39, 0.29) is 29.7 Å². The Bertz CT molecular complexity index is 1110. The molecule has 0 radical (unpaired) electrons. The Morgan fingerprint density at radius 1 is 0.973 bits per heavy atom. The maximum absolute atomic E-state index is 13.8. The summed E-state index contributed by atoms with van der Waals surface area (Å²) in [6.45, 7) is 12.5. The summed E-state index contributed by atoms with van der Waals surface area (Å²) in [7, 11) is 0. The van der Waals surface area contributed by atoms with Gasteiger partial charge in [-0.25, -0.2) is 0 Å². The molecule has 2 fully saturated rings. The van der Waals surface area contributed by atoms with E-state index in [0.717, 1.165) is 5.69 Å². The second kappa shape index (κ2) is 10.6. The number of nitrogens with one attached hydrogen (secondary N) is 1. The summed E-state index contributed by atoms with van der Waals surface area (Å²) in [6, 6.07) is 17.8. The quantitative estimate of drug-likeness (QED) is 0.645.